The van der Waals surface area contributed by atoms with Gasteiger partial charge in [-0.15, -0.1) is 0 Å². The van der Waals surface area contributed by atoms with E-state index in [4.69, 9.17) is 4.74 Å². The lowest BCUT2D eigenvalue weighted by Crippen LogP contribution is -2.58. The fourth-order valence-corrected chi connectivity index (χ4v) is 4.78. The number of ether oxygens (including phenoxy) is 1. The molecule has 5 rings (SSSR count). The van der Waals surface area contributed by atoms with Gasteiger partial charge in [0, 0.05) is 45.5 Å². The van der Waals surface area contributed by atoms with E-state index >= 15 is 0 Å². The smallest absolute Gasteiger partial charge is 0.233 e. The Morgan fingerprint density at radius 2 is 1.90 bits per heavy atom. The number of carbonyl (C=O) groups is 2. The van der Waals surface area contributed by atoms with Gasteiger partial charge in [-0.25, -0.2) is 0 Å². The van der Waals surface area contributed by atoms with E-state index in [0.29, 0.717) is 32.7 Å². The Bertz CT molecular complexity index is 898. The minimum absolute atomic E-state index is 0.165. The standard InChI is InChI=1S/C22H26N4O3/c27-20-7-4-10-25(20)18-13-23-26(16-18)19-14-24(15-19)21(28)22(8-11-29-12-9-22)17-5-2-1-3-6-17/h1-3,5-6,13,16,19H,4,7-12,14-15H2. The molecule has 0 N–H and O–H groups in total. The molecular weight excluding hydrogens is 368 g/mol. The predicted octanol–water partition coefficient (Wildman–Crippen LogP) is 2.14. The van der Waals surface area contributed by atoms with Crippen LogP contribution in [0.2, 0.25) is 0 Å². The number of likely N-dealkylation sites (tertiary alicyclic amines) is 1. The van der Waals surface area contributed by atoms with Gasteiger partial charge in [-0.1, -0.05) is 30.3 Å². The van der Waals surface area contributed by atoms with Crippen LogP contribution >= 0.6 is 0 Å². The van der Waals surface area contributed by atoms with E-state index in [1.54, 1.807) is 11.1 Å². The molecule has 0 aliphatic carbocycles. The summed E-state index contributed by atoms with van der Waals surface area (Å²) in [5.41, 5.74) is 1.47. The molecule has 7 nitrogen and oxygen atoms in total. The van der Waals surface area contributed by atoms with Crippen LogP contribution in [0.15, 0.2) is 42.7 Å². The predicted molar refractivity (Wildman–Crippen MR) is 108 cm³/mol. The number of benzene rings is 1. The molecular formula is C22H26N4O3. The third-order valence-corrected chi connectivity index (χ3v) is 6.58. The van der Waals surface area contributed by atoms with Crippen molar-refractivity contribution >= 4 is 17.5 Å². The first kappa shape index (κ1) is 18.4. The summed E-state index contributed by atoms with van der Waals surface area (Å²) >= 11 is 0. The van der Waals surface area contributed by atoms with E-state index in [2.05, 4.69) is 17.2 Å². The molecule has 7 heteroatoms. The number of nitrogens with zero attached hydrogens (tertiary/aromatic N) is 4. The first-order valence-electron chi connectivity index (χ1n) is 10.4. The zero-order valence-corrected chi connectivity index (χ0v) is 16.5. The summed E-state index contributed by atoms with van der Waals surface area (Å²) < 4.78 is 7.47. The second-order valence-corrected chi connectivity index (χ2v) is 8.25. The van der Waals surface area contributed by atoms with Gasteiger partial charge in [-0.2, -0.15) is 5.10 Å². The van der Waals surface area contributed by atoms with Crippen molar-refractivity contribution in [1.82, 2.24) is 14.7 Å². The van der Waals surface area contributed by atoms with E-state index in [1.807, 2.05) is 34.0 Å². The van der Waals surface area contributed by atoms with Gasteiger partial charge >= 0.3 is 0 Å². The molecule has 1 aromatic carbocycles. The molecule has 2 amide bonds. The van der Waals surface area contributed by atoms with Crippen LogP contribution in [-0.4, -0.2) is 59.3 Å². The highest BCUT2D eigenvalue weighted by molar-refractivity contribution is 5.95. The fraction of sp³-hybridized carbons (Fsp3) is 0.500. The van der Waals surface area contributed by atoms with Crippen LogP contribution in [0.3, 0.4) is 0 Å². The molecule has 152 valence electrons. The number of hydrogen-bond donors (Lipinski definition) is 0. The molecule has 29 heavy (non-hydrogen) atoms. The second kappa shape index (κ2) is 7.30. The summed E-state index contributed by atoms with van der Waals surface area (Å²) in [7, 11) is 0. The Morgan fingerprint density at radius 3 is 2.59 bits per heavy atom. The monoisotopic (exact) mass is 394 g/mol. The third kappa shape index (κ3) is 3.13. The molecule has 0 bridgehead atoms. The Morgan fingerprint density at radius 1 is 1.14 bits per heavy atom. The maximum Gasteiger partial charge on any atom is 0.233 e. The molecule has 3 aliphatic heterocycles. The Labute approximate surface area is 170 Å². The maximum absolute atomic E-state index is 13.5. The lowest BCUT2D eigenvalue weighted by molar-refractivity contribution is -0.147. The van der Waals surface area contributed by atoms with Gasteiger partial charge in [0.2, 0.25) is 11.8 Å². The summed E-state index contributed by atoms with van der Waals surface area (Å²) in [4.78, 5) is 29.2. The largest absolute Gasteiger partial charge is 0.381 e. The van der Waals surface area contributed by atoms with Crippen molar-refractivity contribution in [3.05, 3.63) is 48.3 Å². The van der Waals surface area contributed by atoms with Gasteiger partial charge < -0.3 is 14.5 Å². The van der Waals surface area contributed by atoms with Gasteiger partial charge in [0.05, 0.1) is 23.3 Å². The molecule has 3 aliphatic rings. The average Bonchev–Trinajstić information content (AvgIpc) is 3.37. The van der Waals surface area contributed by atoms with Crippen molar-refractivity contribution in [3.63, 3.8) is 0 Å². The van der Waals surface area contributed by atoms with Crippen LogP contribution in [0.4, 0.5) is 5.69 Å². The highest BCUT2D eigenvalue weighted by Gasteiger charge is 2.47. The van der Waals surface area contributed by atoms with Crippen molar-refractivity contribution in [2.45, 2.75) is 37.1 Å². The number of amides is 2. The first-order valence-corrected chi connectivity index (χ1v) is 10.4. The van der Waals surface area contributed by atoms with Gasteiger partial charge in [0.25, 0.3) is 0 Å². The topological polar surface area (TPSA) is 67.7 Å². The molecule has 0 unspecified atom stereocenters. The average molecular weight is 394 g/mol. The zero-order chi connectivity index (χ0) is 19.8. The van der Waals surface area contributed by atoms with Gasteiger partial charge in [-0.05, 0) is 24.8 Å². The minimum atomic E-state index is -0.484. The zero-order valence-electron chi connectivity index (χ0n) is 16.5. The summed E-state index contributed by atoms with van der Waals surface area (Å²) in [6.45, 7) is 3.31. The molecule has 0 atom stereocenters. The molecule has 3 fully saturated rings. The Kier molecular flexibility index (Phi) is 4.62. The summed E-state index contributed by atoms with van der Waals surface area (Å²) in [5, 5.41) is 4.46. The molecule has 0 saturated carbocycles. The highest BCUT2D eigenvalue weighted by atomic mass is 16.5. The molecule has 4 heterocycles. The van der Waals surface area contributed by atoms with Crippen LogP contribution in [-0.2, 0) is 19.7 Å². The molecule has 1 aromatic heterocycles. The van der Waals surface area contributed by atoms with Gasteiger partial charge in [0.1, 0.15) is 0 Å². The summed E-state index contributed by atoms with van der Waals surface area (Å²) in [5.74, 6) is 0.365. The van der Waals surface area contributed by atoms with Gasteiger partial charge in [0.15, 0.2) is 0 Å². The molecule has 2 aromatic rings. The summed E-state index contributed by atoms with van der Waals surface area (Å²) in [6, 6.07) is 10.3. The van der Waals surface area contributed by atoms with Gasteiger partial charge in [-0.3, -0.25) is 14.3 Å². The number of anilines is 1. The van der Waals surface area contributed by atoms with E-state index in [1.165, 1.54) is 0 Å². The molecule has 0 spiro atoms. The van der Waals surface area contributed by atoms with Crippen molar-refractivity contribution in [2.75, 3.05) is 37.7 Å². The lowest BCUT2D eigenvalue weighted by Gasteiger charge is -2.46. The first-order chi connectivity index (χ1) is 14.2. The van der Waals surface area contributed by atoms with Crippen LogP contribution in [0, 0.1) is 0 Å². The van der Waals surface area contributed by atoms with Crippen molar-refractivity contribution in [3.8, 4) is 0 Å². The van der Waals surface area contributed by atoms with Crippen molar-refractivity contribution in [1.29, 1.82) is 0 Å². The van der Waals surface area contributed by atoms with Crippen LogP contribution in [0.25, 0.3) is 0 Å². The van der Waals surface area contributed by atoms with E-state index in [9.17, 15) is 9.59 Å². The molecule has 0 radical (unpaired) electrons. The number of carbonyl (C=O) groups excluding carboxylic acids is 2. The van der Waals surface area contributed by atoms with E-state index in [-0.39, 0.29) is 17.9 Å². The SMILES string of the molecule is O=C1CCCN1c1cnn(C2CN(C(=O)C3(c4ccccc4)CCOCC3)C2)c1. The second-order valence-electron chi connectivity index (χ2n) is 8.25. The number of rotatable bonds is 4. The minimum Gasteiger partial charge on any atom is -0.381 e. The maximum atomic E-state index is 13.5. The van der Waals surface area contributed by atoms with Crippen LogP contribution < -0.4 is 4.90 Å². The number of aromatic nitrogens is 2. The quantitative estimate of drug-likeness (QED) is 0.797. The number of hydrogen-bond acceptors (Lipinski definition) is 4. The Balaban J connectivity index is 1.29. The molecule has 3 saturated heterocycles. The lowest BCUT2D eigenvalue weighted by atomic mass is 9.72. The van der Waals surface area contributed by atoms with Crippen molar-refractivity contribution < 1.29 is 14.3 Å². The Hall–Kier alpha value is -2.67. The fourth-order valence-electron chi connectivity index (χ4n) is 4.78. The van der Waals surface area contributed by atoms with Crippen molar-refractivity contribution in [2.24, 2.45) is 0 Å². The van der Waals surface area contributed by atoms with E-state index < -0.39 is 5.41 Å². The van der Waals surface area contributed by atoms with Crippen LogP contribution in [0.5, 0.6) is 0 Å². The third-order valence-electron chi connectivity index (χ3n) is 6.58. The summed E-state index contributed by atoms with van der Waals surface area (Å²) in [6.07, 6.45) is 6.66. The normalized spacial score (nSPS) is 22.0. The van der Waals surface area contributed by atoms with E-state index in [0.717, 1.165) is 37.1 Å². The highest BCUT2D eigenvalue weighted by Crippen LogP contribution is 2.39. The van der Waals surface area contributed by atoms with Crippen LogP contribution in [0.1, 0.15) is 37.3 Å².